The minimum absolute atomic E-state index is 0.0299. The van der Waals surface area contributed by atoms with Gasteiger partial charge in [0.15, 0.2) is 5.82 Å². The van der Waals surface area contributed by atoms with Gasteiger partial charge in [-0.25, -0.2) is 19.2 Å². The van der Waals surface area contributed by atoms with Crippen LogP contribution in [-0.2, 0) is 10.0 Å². The van der Waals surface area contributed by atoms with Gasteiger partial charge in [0.25, 0.3) is 10.0 Å². The summed E-state index contributed by atoms with van der Waals surface area (Å²) in [7, 11) is -3.69. The molecule has 0 saturated heterocycles. The summed E-state index contributed by atoms with van der Waals surface area (Å²) in [5.41, 5.74) is 2.76. The van der Waals surface area contributed by atoms with Crippen molar-refractivity contribution in [2.75, 3.05) is 10.1 Å². The number of hydrazine groups is 1. The first kappa shape index (κ1) is 13.1. The predicted octanol–water partition coefficient (Wildman–Crippen LogP) is 1.88. The highest BCUT2D eigenvalue weighted by molar-refractivity contribution is 7.92. The van der Waals surface area contributed by atoms with Gasteiger partial charge in [-0.3, -0.25) is 4.72 Å². The molecule has 0 aliphatic heterocycles. The van der Waals surface area contributed by atoms with Crippen molar-refractivity contribution in [3.8, 4) is 0 Å². The number of hydrogen-bond acceptors (Lipinski definition) is 6. The number of nitrogen functional groups attached to an aromatic ring is 1. The van der Waals surface area contributed by atoms with Gasteiger partial charge in [0.05, 0.1) is 10.7 Å². The second-order valence-electron chi connectivity index (χ2n) is 3.26. The van der Waals surface area contributed by atoms with Gasteiger partial charge >= 0.3 is 0 Å². The molecule has 96 valence electrons. The van der Waals surface area contributed by atoms with Crippen LogP contribution in [0.4, 0.5) is 11.5 Å². The van der Waals surface area contributed by atoms with Crippen molar-refractivity contribution in [1.82, 2.24) is 4.98 Å². The molecule has 2 heterocycles. The number of nitrogens with one attached hydrogen (secondary N) is 2. The number of thiophene rings is 1. The second kappa shape index (κ2) is 5.11. The van der Waals surface area contributed by atoms with E-state index in [0.717, 1.165) is 0 Å². The van der Waals surface area contributed by atoms with E-state index in [-0.39, 0.29) is 15.7 Å². The fraction of sp³-hybridized carbons (Fsp3) is 0. The Balaban J connectivity index is 2.33. The fourth-order valence-electron chi connectivity index (χ4n) is 1.21. The zero-order valence-corrected chi connectivity index (χ0v) is 11.3. The topological polar surface area (TPSA) is 97.1 Å². The predicted molar refractivity (Wildman–Crippen MR) is 72.2 cm³/mol. The van der Waals surface area contributed by atoms with Crippen LogP contribution >= 0.6 is 22.9 Å². The third-order valence-corrected chi connectivity index (χ3v) is 4.36. The van der Waals surface area contributed by atoms with Gasteiger partial charge in [0, 0.05) is 11.6 Å². The summed E-state index contributed by atoms with van der Waals surface area (Å²) in [5, 5.41) is 3.58. The van der Waals surface area contributed by atoms with E-state index in [0.29, 0.717) is 5.69 Å². The lowest BCUT2D eigenvalue weighted by molar-refractivity contribution is 0.601. The Morgan fingerprint density at radius 1 is 1.44 bits per heavy atom. The van der Waals surface area contributed by atoms with Crippen LogP contribution in [-0.4, -0.2) is 13.4 Å². The van der Waals surface area contributed by atoms with Gasteiger partial charge in [-0.05, 0) is 17.5 Å². The first-order valence-corrected chi connectivity index (χ1v) is 7.50. The van der Waals surface area contributed by atoms with E-state index >= 15 is 0 Å². The Kier molecular flexibility index (Phi) is 3.71. The quantitative estimate of drug-likeness (QED) is 0.592. The van der Waals surface area contributed by atoms with E-state index in [1.807, 2.05) is 0 Å². The lowest BCUT2D eigenvalue weighted by Crippen LogP contribution is -2.14. The highest BCUT2D eigenvalue weighted by Gasteiger charge is 2.16. The molecule has 0 atom stereocenters. The number of hydrogen-bond donors (Lipinski definition) is 3. The third kappa shape index (κ3) is 2.72. The lowest BCUT2D eigenvalue weighted by atomic mass is 10.5. The summed E-state index contributed by atoms with van der Waals surface area (Å²) in [6.07, 6.45) is 1.18. The van der Waals surface area contributed by atoms with Gasteiger partial charge in [-0.1, -0.05) is 11.6 Å². The Bertz CT molecular complexity index is 643. The molecule has 4 N–H and O–H groups in total. The number of halogens is 1. The Hall–Kier alpha value is -1.35. The fourth-order valence-corrected chi connectivity index (χ4v) is 3.18. The van der Waals surface area contributed by atoms with Crippen LogP contribution in [0.25, 0.3) is 0 Å². The van der Waals surface area contributed by atoms with E-state index < -0.39 is 10.0 Å². The van der Waals surface area contributed by atoms with Crippen molar-refractivity contribution in [3.63, 3.8) is 0 Å². The molecular weight excluding hydrogens is 296 g/mol. The Morgan fingerprint density at radius 2 is 2.22 bits per heavy atom. The molecule has 0 fully saturated rings. The third-order valence-electron chi connectivity index (χ3n) is 2.04. The number of nitrogens with zero attached hydrogens (tertiary/aromatic N) is 1. The Morgan fingerprint density at radius 3 is 2.78 bits per heavy atom. The number of anilines is 2. The SMILES string of the molecule is NNc1ncc(S(=O)(=O)Nc2ccsc2)cc1Cl. The first-order chi connectivity index (χ1) is 8.53. The number of pyridine rings is 1. The van der Waals surface area contributed by atoms with E-state index in [1.165, 1.54) is 23.6 Å². The average molecular weight is 305 g/mol. The molecule has 9 heteroatoms. The van der Waals surface area contributed by atoms with Crippen LogP contribution in [0.1, 0.15) is 0 Å². The average Bonchev–Trinajstić information content (AvgIpc) is 2.81. The molecule has 2 aromatic rings. The van der Waals surface area contributed by atoms with Gasteiger partial charge in [0.2, 0.25) is 0 Å². The van der Waals surface area contributed by atoms with E-state index in [4.69, 9.17) is 17.4 Å². The molecule has 2 aromatic heterocycles. The van der Waals surface area contributed by atoms with Crippen LogP contribution in [0, 0.1) is 0 Å². The first-order valence-electron chi connectivity index (χ1n) is 4.70. The number of rotatable bonds is 4. The molecule has 6 nitrogen and oxygen atoms in total. The van der Waals surface area contributed by atoms with Crippen LogP contribution in [0.3, 0.4) is 0 Å². The molecule has 2 rings (SSSR count). The van der Waals surface area contributed by atoms with Crippen LogP contribution < -0.4 is 16.0 Å². The smallest absolute Gasteiger partial charge is 0.263 e. The highest BCUT2D eigenvalue weighted by Crippen LogP contribution is 2.23. The molecular formula is C9H9ClN4O2S2. The monoisotopic (exact) mass is 304 g/mol. The zero-order chi connectivity index (χ0) is 13.2. The zero-order valence-electron chi connectivity index (χ0n) is 8.92. The molecule has 0 aliphatic carbocycles. The van der Waals surface area contributed by atoms with Crippen molar-refractivity contribution in [1.29, 1.82) is 0 Å². The van der Waals surface area contributed by atoms with E-state index in [1.54, 1.807) is 16.8 Å². The van der Waals surface area contributed by atoms with Crippen molar-refractivity contribution >= 4 is 44.5 Å². The maximum absolute atomic E-state index is 12.0. The number of sulfonamides is 1. The molecule has 18 heavy (non-hydrogen) atoms. The van der Waals surface area contributed by atoms with Crippen LogP contribution in [0.2, 0.25) is 5.02 Å². The maximum Gasteiger partial charge on any atom is 0.263 e. The van der Waals surface area contributed by atoms with Crippen LogP contribution in [0.5, 0.6) is 0 Å². The van der Waals surface area contributed by atoms with Gasteiger partial charge in [-0.2, -0.15) is 11.3 Å². The standard InChI is InChI=1S/C9H9ClN4O2S2/c10-8-3-7(4-12-9(8)13-11)18(15,16)14-6-1-2-17-5-6/h1-5,14H,11H2,(H,12,13). The second-order valence-corrected chi connectivity index (χ2v) is 6.13. The van der Waals surface area contributed by atoms with E-state index in [9.17, 15) is 8.42 Å². The molecule has 0 unspecified atom stereocenters. The Labute approximate surface area is 113 Å². The minimum atomic E-state index is -3.69. The van der Waals surface area contributed by atoms with E-state index in [2.05, 4.69) is 15.1 Å². The summed E-state index contributed by atoms with van der Waals surface area (Å²) in [4.78, 5) is 3.78. The van der Waals surface area contributed by atoms with Crippen molar-refractivity contribution in [2.45, 2.75) is 4.90 Å². The number of nitrogens with two attached hydrogens (primary N) is 1. The van der Waals surface area contributed by atoms with Crippen molar-refractivity contribution in [2.24, 2.45) is 5.84 Å². The van der Waals surface area contributed by atoms with Gasteiger partial charge in [-0.15, -0.1) is 0 Å². The summed E-state index contributed by atoms with van der Waals surface area (Å²) in [6.45, 7) is 0. The molecule has 0 bridgehead atoms. The number of aromatic nitrogens is 1. The highest BCUT2D eigenvalue weighted by atomic mass is 35.5. The summed E-state index contributed by atoms with van der Waals surface area (Å²) in [6, 6.07) is 2.94. The summed E-state index contributed by atoms with van der Waals surface area (Å²) in [5.74, 6) is 5.37. The minimum Gasteiger partial charge on any atom is -0.307 e. The molecule has 0 saturated carbocycles. The molecule has 0 radical (unpaired) electrons. The van der Waals surface area contributed by atoms with Gasteiger partial charge in [0.1, 0.15) is 4.90 Å². The lowest BCUT2D eigenvalue weighted by Gasteiger charge is -2.08. The molecule has 0 aromatic carbocycles. The largest absolute Gasteiger partial charge is 0.307 e. The summed E-state index contributed by atoms with van der Waals surface area (Å²) < 4.78 is 26.4. The molecule has 0 amide bonds. The van der Waals surface area contributed by atoms with Gasteiger partial charge < -0.3 is 5.43 Å². The van der Waals surface area contributed by atoms with Crippen LogP contribution in [0.15, 0.2) is 34.0 Å². The van der Waals surface area contributed by atoms with Crippen molar-refractivity contribution < 1.29 is 8.42 Å². The van der Waals surface area contributed by atoms with Crippen molar-refractivity contribution in [3.05, 3.63) is 34.1 Å². The molecule has 0 aliphatic rings. The summed E-state index contributed by atoms with van der Waals surface area (Å²) >= 11 is 7.21. The normalized spacial score (nSPS) is 11.2. The molecule has 0 spiro atoms. The maximum atomic E-state index is 12.0.